The molecule has 0 aromatic heterocycles. The highest BCUT2D eigenvalue weighted by atomic mass is 16.3. The Morgan fingerprint density at radius 2 is 1.95 bits per heavy atom. The SMILES string of the molecule is CN(CC1CCCC1)CC(O)c1ccc(C#N)cc1. The van der Waals surface area contributed by atoms with E-state index in [0.717, 1.165) is 18.0 Å². The molecule has 0 spiro atoms. The van der Waals surface area contributed by atoms with Crippen LogP contribution in [0.15, 0.2) is 24.3 Å². The van der Waals surface area contributed by atoms with Gasteiger partial charge in [0.1, 0.15) is 0 Å². The van der Waals surface area contributed by atoms with Crippen molar-refractivity contribution in [3.8, 4) is 6.07 Å². The molecule has 1 saturated carbocycles. The van der Waals surface area contributed by atoms with Gasteiger partial charge in [0.25, 0.3) is 0 Å². The van der Waals surface area contributed by atoms with E-state index in [-0.39, 0.29) is 0 Å². The molecule has 0 saturated heterocycles. The molecule has 0 radical (unpaired) electrons. The fourth-order valence-corrected chi connectivity index (χ4v) is 2.89. The number of aliphatic hydroxyl groups is 1. The van der Waals surface area contributed by atoms with E-state index in [2.05, 4.69) is 18.0 Å². The maximum atomic E-state index is 10.2. The molecule has 102 valence electrons. The van der Waals surface area contributed by atoms with Crippen LogP contribution in [0, 0.1) is 17.2 Å². The van der Waals surface area contributed by atoms with Crippen molar-refractivity contribution in [1.82, 2.24) is 4.90 Å². The Morgan fingerprint density at radius 1 is 1.32 bits per heavy atom. The predicted octanol–water partition coefficient (Wildman–Crippen LogP) is 2.71. The fourth-order valence-electron chi connectivity index (χ4n) is 2.89. The summed E-state index contributed by atoms with van der Waals surface area (Å²) in [5, 5.41) is 19.0. The van der Waals surface area contributed by atoms with E-state index < -0.39 is 6.10 Å². The number of hydrogen-bond acceptors (Lipinski definition) is 3. The predicted molar refractivity (Wildman–Crippen MR) is 75.6 cm³/mol. The summed E-state index contributed by atoms with van der Waals surface area (Å²) in [5.41, 5.74) is 1.52. The van der Waals surface area contributed by atoms with Crippen molar-refractivity contribution in [2.45, 2.75) is 31.8 Å². The fraction of sp³-hybridized carbons (Fsp3) is 0.562. The Labute approximate surface area is 115 Å². The Bertz CT molecular complexity index is 429. The van der Waals surface area contributed by atoms with Crippen molar-refractivity contribution < 1.29 is 5.11 Å². The van der Waals surface area contributed by atoms with Gasteiger partial charge in [-0.25, -0.2) is 0 Å². The first-order valence-corrected chi connectivity index (χ1v) is 7.05. The van der Waals surface area contributed by atoms with E-state index in [1.165, 1.54) is 25.7 Å². The van der Waals surface area contributed by atoms with E-state index in [0.29, 0.717) is 12.1 Å². The molecule has 0 bridgehead atoms. The van der Waals surface area contributed by atoms with Gasteiger partial charge in [0.05, 0.1) is 17.7 Å². The Balaban J connectivity index is 1.84. The second kappa shape index (κ2) is 6.70. The highest BCUT2D eigenvalue weighted by Crippen LogP contribution is 2.25. The molecular weight excluding hydrogens is 236 g/mol. The van der Waals surface area contributed by atoms with E-state index in [4.69, 9.17) is 5.26 Å². The average molecular weight is 258 g/mol. The lowest BCUT2D eigenvalue weighted by molar-refractivity contribution is 0.118. The zero-order chi connectivity index (χ0) is 13.7. The molecule has 1 atom stereocenters. The van der Waals surface area contributed by atoms with E-state index in [1.807, 2.05) is 12.1 Å². The Morgan fingerprint density at radius 3 is 2.53 bits per heavy atom. The van der Waals surface area contributed by atoms with Crippen molar-refractivity contribution in [2.24, 2.45) is 5.92 Å². The lowest BCUT2D eigenvalue weighted by Gasteiger charge is -2.23. The number of hydrogen-bond donors (Lipinski definition) is 1. The van der Waals surface area contributed by atoms with E-state index >= 15 is 0 Å². The number of aliphatic hydroxyl groups excluding tert-OH is 1. The third-order valence-corrected chi connectivity index (χ3v) is 3.95. The monoisotopic (exact) mass is 258 g/mol. The van der Waals surface area contributed by atoms with Gasteiger partial charge >= 0.3 is 0 Å². The Hall–Kier alpha value is -1.37. The van der Waals surface area contributed by atoms with Gasteiger partial charge in [0.2, 0.25) is 0 Å². The normalized spacial score (nSPS) is 17.6. The van der Waals surface area contributed by atoms with Crippen LogP contribution in [0.2, 0.25) is 0 Å². The first kappa shape index (κ1) is 14.0. The average Bonchev–Trinajstić information content (AvgIpc) is 2.91. The second-order valence-corrected chi connectivity index (χ2v) is 5.62. The summed E-state index contributed by atoms with van der Waals surface area (Å²) in [6.07, 6.45) is 4.90. The van der Waals surface area contributed by atoms with Crippen LogP contribution in [-0.2, 0) is 0 Å². The summed E-state index contributed by atoms with van der Waals surface area (Å²) >= 11 is 0. The van der Waals surface area contributed by atoms with Crippen molar-refractivity contribution in [1.29, 1.82) is 5.26 Å². The van der Waals surface area contributed by atoms with Gasteiger partial charge in [-0.3, -0.25) is 0 Å². The minimum Gasteiger partial charge on any atom is -0.387 e. The van der Waals surface area contributed by atoms with Gasteiger partial charge in [-0.2, -0.15) is 5.26 Å². The first-order chi connectivity index (χ1) is 9.19. The molecule has 1 aromatic carbocycles. The van der Waals surface area contributed by atoms with Gasteiger partial charge in [0, 0.05) is 13.1 Å². The molecule has 1 aliphatic rings. The van der Waals surface area contributed by atoms with Gasteiger partial charge in [-0.05, 0) is 43.5 Å². The topological polar surface area (TPSA) is 47.3 Å². The number of nitrogens with zero attached hydrogens (tertiary/aromatic N) is 2. The number of benzene rings is 1. The molecule has 3 nitrogen and oxygen atoms in total. The molecule has 19 heavy (non-hydrogen) atoms. The first-order valence-electron chi connectivity index (χ1n) is 7.05. The lowest BCUT2D eigenvalue weighted by atomic mass is 10.1. The van der Waals surface area contributed by atoms with Crippen LogP contribution in [0.4, 0.5) is 0 Å². The highest BCUT2D eigenvalue weighted by molar-refractivity contribution is 5.32. The summed E-state index contributed by atoms with van der Waals surface area (Å²) in [4.78, 5) is 2.22. The molecule has 1 aromatic rings. The quantitative estimate of drug-likeness (QED) is 0.883. The molecular formula is C16H22N2O. The molecule has 1 unspecified atom stereocenters. The molecule has 0 amide bonds. The largest absolute Gasteiger partial charge is 0.387 e. The third-order valence-electron chi connectivity index (χ3n) is 3.95. The summed E-state index contributed by atoms with van der Waals surface area (Å²) in [6, 6.07) is 9.29. The number of likely N-dealkylation sites (N-methyl/N-ethyl adjacent to an activating group) is 1. The molecule has 3 heteroatoms. The number of rotatable bonds is 5. The Kier molecular flexibility index (Phi) is 4.95. The van der Waals surface area contributed by atoms with E-state index in [9.17, 15) is 5.11 Å². The smallest absolute Gasteiger partial charge is 0.0991 e. The highest BCUT2D eigenvalue weighted by Gasteiger charge is 2.18. The second-order valence-electron chi connectivity index (χ2n) is 5.62. The minimum atomic E-state index is -0.473. The standard InChI is InChI=1S/C16H22N2O/c1-18(11-14-4-2-3-5-14)12-16(19)15-8-6-13(10-17)7-9-15/h6-9,14,16,19H,2-5,11-12H2,1H3. The minimum absolute atomic E-state index is 0.473. The summed E-state index contributed by atoms with van der Waals surface area (Å²) in [5.74, 6) is 0.804. The van der Waals surface area contributed by atoms with Crippen LogP contribution < -0.4 is 0 Å². The van der Waals surface area contributed by atoms with Crippen LogP contribution in [0.3, 0.4) is 0 Å². The van der Waals surface area contributed by atoms with Gasteiger partial charge in [-0.15, -0.1) is 0 Å². The summed E-state index contributed by atoms with van der Waals surface area (Å²) in [6.45, 7) is 1.73. The lowest BCUT2D eigenvalue weighted by Crippen LogP contribution is -2.29. The van der Waals surface area contributed by atoms with Crippen LogP contribution >= 0.6 is 0 Å². The van der Waals surface area contributed by atoms with Crippen molar-refractivity contribution in [2.75, 3.05) is 20.1 Å². The molecule has 0 aliphatic heterocycles. The van der Waals surface area contributed by atoms with Crippen molar-refractivity contribution in [3.63, 3.8) is 0 Å². The van der Waals surface area contributed by atoms with Crippen LogP contribution in [0.25, 0.3) is 0 Å². The zero-order valence-corrected chi connectivity index (χ0v) is 11.5. The third kappa shape index (κ3) is 4.05. The maximum Gasteiger partial charge on any atom is 0.0991 e. The van der Waals surface area contributed by atoms with Gasteiger partial charge in [0.15, 0.2) is 0 Å². The molecule has 0 heterocycles. The van der Waals surface area contributed by atoms with Gasteiger partial charge < -0.3 is 10.0 Å². The van der Waals surface area contributed by atoms with E-state index in [1.54, 1.807) is 12.1 Å². The molecule has 1 N–H and O–H groups in total. The maximum absolute atomic E-state index is 10.2. The van der Waals surface area contributed by atoms with Gasteiger partial charge in [-0.1, -0.05) is 25.0 Å². The van der Waals surface area contributed by atoms with Crippen molar-refractivity contribution >= 4 is 0 Å². The zero-order valence-electron chi connectivity index (χ0n) is 11.5. The summed E-state index contributed by atoms with van der Waals surface area (Å²) < 4.78 is 0. The molecule has 2 rings (SSSR count). The van der Waals surface area contributed by atoms with Crippen LogP contribution in [0.5, 0.6) is 0 Å². The molecule has 1 aliphatic carbocycles. The van der Waals surface area contributed by atoms with Crippen LogP contribution in [0.1, 0.15) is 42.9 Å². The van der Waals surface area contributed by atoms with Crippen LogP contribution in [-0.4, -0.2) is 30.1 Å². The van der Waals surface area contributed by atoms with Crippen molar-refractivity contribution in [3.05, 3.63) is 35.4 Å². The molecule has 1 fully saturated rings. The number of nitriles is 1. The summed E-state index contributed by atoms with van der Waals surface area (Å²) in [7, 11) is 2.07.